The molecule has 0 aliphatic rings. The fourth-order valence-electron chi connectivity index (χ4n) is 4.85. The van der Waals surface area contributed by atoms with E-state index in [0.717, 1.165) is 12.0 Å². The van der Waals surface area contributed by atoms with E-state index in [9.17, 15) is 9.59 Å². The Morgan fingerprint density at radius 1 is 1.00 bits per heavy atom. The van der Waals surface area contributed by atoms with E-state index in [4.69, 9.17) is 4.43 Å². The van der Waals surface area contributed by atoms with Gasteiger partial charge >= 0.3 is 5.97 Å². The SMILES string of the molecule is COC(=O)CC(=O)CC/C(C)=C\CC(O[Si](C(C)C)(C(C)C)C(C)C)c1cccc(C)c1. The fourth-order valence-corrected chi connectivity index (χ4v) is 10.4. The van der Waals surface area contributed by atoms with Crippen LogP contribution < -0.4 is 0 Å². The molecule has 32 heavy (non-hydrogen) atoms. The summed E-state index contributed by atoms with van der Waals surface area (Å²) in [5.74, 6) is -0.552. The van der Waals surface area contributed by atoms with Gasteiger partial charge in [-0.3, -0.25) is 9.59 Å². The van der Waals surface area contributed by atoms with Crippen molar-refractivity contribution in [2.45, 2.75) is 104 Å². The van der Waals surface area contributed by atoms with Crippen LogP contribution in [0.4, 0.5) is 0 Å². The quantitative estimate of drug-likeness (QED) is 0.132. The van der Waals surface area contributed by atoms with Gasteiger partial charge in [-0.25, -0.2) is 0 Å². The normalized spacial score (nSPS) is 13.7. The number of carbonyl (C=O) groups excluding carboxylic acids is 2. The number of esters is 1. The molecular formula is C27H44O4Si. The van der Waals surface area contributed by atoms with Crippen LogP contribution in [0.25, 0.3) is 0 Å². The highest BCUT2D eigenvalue weighted by Gasteiger charge is 2.46. The van der Waals surface area contributed by atoms with E-state index in [0.29, 0.717) is 29.5 Å². The van der Waals surface area contributed by atoms with E-state index >= 15 is 0 Å². The van der Waals surface area contributed by atoms with Crippen LogP contribution in [0, 0.1) is 6.92 Å². The zero-order valence-electron chi connectivity index (χ0n) is 21.7. The molecule has 0 heterocycles. The lowest BCUT2D eigenvalue weighted by Crippen LogP contribution is -2.48. The van der Waals surface area contributed by atoms with Crippen molar-refractivity contribution in [3.63, 3.8) is 0 Å². The van der Waals surface area contributed by atoms with Gasteiger partial charge in [0, 0.05) is 6.42 Å². The third-order valence-electron chi connectivity index (χ3n) is 6.52. The highest BCUT2D eigenvalue weighted by Crippen LogP contribution is 2.46. The number of aryl methyl sites for hydroxylation is 1. The number of methoxy groups -OCH3 is 1. The minimum Gasteiger partial charge on any atom is -0.469 e. The second-order valence-corrected chi connectivity index (χ2v) is 15.3. The van der Waals surface area contributed by atoms with Crippen molar-refractivity contribution in [1.82, 2.24) is 0 Å². The molecule has 0 aliphatic carbocycles. The Hall–Kier alpha value is -1.72. The topological polar surface area (TPSA) is 52.6 Å². The van der Waals surface area contributed by atoms with Crippen LogP contribution in [0.2, 0.25) is 16.6 Å². The van der Waals surface area contributed by atoms with E-state index in [2.05, 4.69) is 90.5 Å². The molecular weight excluding hydrogens is 416 g/mol. The fraction of sp³-hybridized carbons (Fsp3) is 0.630. The predicted octanol–water partition coefficient (Wildman–Crippen LogP) is 7.48. The molecule has 0 radical (unpaired) electrons. The van der Waals surface area contributed by atoms with Crippen molar-refractivity contribution in [1.29, 1.82) is 0 Å². The van der Waals surface area contributed by atoms with Gasteiger partial charge in [0.05, 0.1) is 13.2 Å². The first-order chi connectivity index (χ1) is 14.9. The largest absolute Gasteiger partial charge is 0.469 e. The molecule has 180 valence electrons. The summed E-state index contributed by atoms with van der Waals surface area (Å²) < 4.78 is 11.8. The van der Waals surface area contributed by atoms with Gasteiger partial charge in [0.1, 0.15) is 12.2 Å². The van der Waals surface area contributed by atoms with Crippen LogP contribution in [-0.4, -0.2) is 27.2 Å². The van der Waals surface area contributed by atoms with Crippen molar-refractivity contribution >= 4 is 20.1 Å². The number of carbonyl (C=O) groups is 2. The van der Waals surface area contributed by atoms with Gasteiger partial charge in [-0.2, -0.15) is 0 Å². The van der Waals surface area contributed by atoms with Gasteiger partial charge in [0.2, 0.25) is 8.32 Å². The number of rotatable bonds is 13. The van der Waals surface area contributed by atoms with Gasteiger partial charge in [-0.1, -0.05) is 83.0 Å². The van der Waals surface area contributed by atoms with Crippen molar-refractivity contribution < 1.29 is 18.8 Å². The highest BCUT2D eigenvalue weighted by molar-refractivity contribution is 6.77. The standard InChI is InChI=1S/C27H44O4Si/c1-19(2)32(20(3)4,21(5)6)31-26(24-12-10-11-23(8)17-24)16-14-22(7)13-15-25(28)18-27(29)30-9/h10-12,14,17,19-21,26H,13,15-16,18H2,1-9H3/b22-14-. The van der Waals surface area contributed by atoms with Crippen LogP contribution >= 0.6 is 0 Å². The van der Waals surface area contributed by atoms with E-state index in [-0.39, 0.29) is 18.3 Å². The minimum atomic E-state index is -2.06. The van der Waals surface area contributed by atoms with Crippen molar-refractivity contribution in [2.24, 2.45) is 0 Å². The molecule has 1 aromatic carbocycles. The van der Waals surface area contributed by atoms with E-state index in [1.54, 1.807) is 0 Å². The molecule has 0 aromatic heterocycles. The van der Waals surface area contributed by atoms with Crippen LogP contribution in [0.1, 0.15) is 91.4 Å². The number of hydrogen-bond donors (Lipinski definition) is 0. The molecule has 1 rings (SSSR count). The summed E-state index contributed by atoms with van der Waals surface area (Å²) in [4.78, 5) is 23.3. The molecule has 0 saturated heterocycles. The number of allylic oxidation sites excluding steroid dienone is 1. The molecule has 0 amide bonds. The minimum absolute atomic E-state index is 0.00510. The van der Waals surface area contributed by atoms with Crippen LogP contribution in [-0.2, 0) is 18.8 Å². The third-order valence-corrected chi connectivity index (χ3v) is 12.6. The first kappa shape index (κ1) is 28.3. The zero-order valence-corrected chi connectivity index (χ0v) is 22.7. The van der Waals surface area contributed by atoms with E-state index < -0.39 is 14.3 Å². The van der Waals surface area contributed by atoms with Gasteiger partial charge in [-0.15, -0.1) is 0 Å². The van der Waals surface area contributed by atoms with Crippen molar-refractivity contribution in [2.75, 3.05) is 7.11 Å². The second kappa shape index (κ2) is 13.1. The average molecular weight is 461 g/mol. The molecule has 1 aromatic rings. The number of Topliss-reactive ketones (excluding diaryl/α,β-unsaturated/α-hetero) is 1. The summed E-state index contributed by atoms with van der Waals surface area (Å²) in [6.07, 6.45) is 3.84. The molecule has 0 spiro atoms. The number of ether oxygens (including phenoxy) is 1. The number of ketones is 1. The molecule has 0 aliphatic heterocycles. The highest BCUT2D eigenvalue weighted by atomic mass is 28.4. The second-order valence-electron chi connectivity index (χ2n) is 9.92. The third kappa shape index (κ3) is 8.00. The Morgan fingerprint density at radius 3 is 2.09 bits per heavy atom. The summed E-state index contributed by atoms with van der Waals surface area (Å²) >= 11 is 0. The maximum absolute atomic E-state index is 12.0. The Labute approximate surface area is 196 Å². The molecule has 0 saturated carbocycles. The summed E-state index contributed by atoms with van der Waals surface area (Å²) in [5.41, 5.74) is 5.13. The van der Waals surface area contributed by atoms with Crippen molar-refractivity contribution in [3.8, 4) is 0 Å². The van der Waals surface area contributed by atoms with Gasteiger partial charge < -0.3 is 9.16 Å². The Kier molecular flexibility index (Phi) is 11.6. The molecule has 0 N–H and O–H groups in total. The lowest BCUT2D eigenvalue weighted by molar-refractivity contribution is -0.143. The molecule has 0 fully saturated rings. The average Bonchev–Trinajstić information content (AvgIpc) is 2.71. The molecule has 5 heteroatoms. The first-order valence-corrected chi connectivity index (χ1v) is 14.1. The predicted molar refractivity (Wildman–Crippen MR) is 135 cm³/mol. The molecule has 4 nitrogen and oxygen atoms in total. The summed E-state index contributed by atoms with van der Waals surface area (Å²) in [7, 11) is -0.750. The molecule has 1 atom stereocenters. The molecule has 0 bridgehead atoms. The van der Waals surface area contributed by atoms with Crippen LogP contribution in [0.3, 0.4) is 0 Å². The van der Waals surface area contributed by atoms with Gasteiger partial charge in [0.15, 0.2) is 0 Å². The summed E-state index contributed by atoms with van der Waals surface area (Å²) in [5, 5.41) is 0. The van der Waals surface area contributed by atoms with Crippen LogP contribution in [0.15, 0.2) is 35.9 Å². The maximum Gasteiger partial charge on any atom is 0.313 e. The summed E-state index contributed by atoms with van der Waals surface area (Å²) in [6.45, 7) is 18.0. The first-order valence-electron chi connectivity index (χ1n) is 11.9. The number of benzene rings is 1. The maximum atomic E-state index is 12.0. The van der Waals surface area contributed by atoms with Gasteiger partial charge in [-0.05, 0) is 48.9 Å². The monoisotopic (exact) mass is 460 g/mol. The molecule has 1 unspecified atom stereocenters. The Bertz CT molecular complexity index is 758. The Morgan fingerprint density at radius 2 is 1.59 bits per heavy atom. The van der Waals surface area contributed by atoms with Crippen LogP contribution in [0.5, 0.6) is 0 Å². The lowest BCUT2D eigenvalue weighted by atomic mass is 10.0. The van der Waals surface area contributed by atoms with Crippen molar-refractivity contribution in [3.05, 3.63) is 47.0 Å². The van der Waals surface area contributed by atoms with E-state index in [1.807, 2.05) is 0 Å². The Balaban J connectivity index is 3.09. The smallest absolute Gasteiger partial charge is 0.313 e. The van der Waals surface area contributed by atoms with E-state index in [1.165, 1.54) is 18.2 Å². The zero-order chi connectivity index (χ0) is 24.5. The van der Waals surface area contributed by atoms with Gasteiger partial charge in [0.25, 0.3) is 0 Å². The summed E-state index contributed by atoms with van der Waals surface area (Å²) in [6, 6.07) is 8.62. The number of hydrogen-bond acceptors (Lipinski definition) is 4. The lowest BCUT2D eigenvalue weighted by Gasteiger charge is -2.44.